The van der Waals surface area contributed by atoms with Crippen molar-refractivity contribution < 1.29 is 19.1 Å². The van der Waals surface area contributed by atoms with Crippen LogP contribution in [0.2, 0.25) is 5.15 Å². The van der Waals surface area contributed by atoms with Gasteiger partial charge in [0.05, 0.1) is 18.8 Å². The van der Waals surface area contributed by atoms with E-state index in [1.807, 2.05) is 38.1 Å². The number of rotatable bonds is 5. The number of hydrogen-bond acceptors (Lipinski definition) is 5. The lowest BCUT2D eigenvalue weighted by Gasteiger charge is -2.05. The molecule has 2 heterocycles. The van der Waals surface area contributed by atoms with E-state index in [-0.39, 0.29) is 6.61 Å². The zero-order valence-corrected chi connectivity index (χ0v) is 15.3. The van der Waals surface area contributed by atoms with Crippen molar-refractivity contribution in [3.05, 3.63) is 57.9 Å². The fourth-order valence-corrected chi connectivity index (χ4v) is 2.94. The van der Waals surface area contributed by atoms with Gasteiger partial charge in [0.2, 0.25) is 6.10 Å². The van der Waals surface area contributed by atoms with Gasteiger partial charge in [-0.1, -0.05) is 41.4 Å². The molecule has 2 aromatic rings. The van der Waals surface area contributed by atoms with E-state index in [0.29, 0.717) is 29.4 Å². The van der Waals surface area contributed by atoms with Gasteiger partial charge < -0.3 is 9.47 Å². The Labute approximate surface area is 156 Å². The van der Waals surface area contributed by atoms with Gasteiger partial charge >= 0.3 is 11.9 Å². The third kappa shape index (κ3) is 4.14. The van der Waals surface area contributed by atoms with Crippen LogP contribution in [0.3, 0.4) is 0 Å². The first-order valence-electron chi connectivity index (χ1n) is 8.28. The van der Waals surface area contributed by atoms with Crippen molar-refractivity contribution in [2.24, 2.45) is 0 Å². The summed E-state index contributed by atoms with van der Waals surface area (Å²) in [5.41, 5.74) is 3.61. The molecule has 3 rings (SSSR count). The van der Waals surface area contributed by atoms with Crippen molar-refractivity contribution in [2.45, 2.75) is 32.9 Å². The number of carbonyl (C=O) groups is 2. The van der Waals surface area contributed by atoms with Gasteiger partial charge in [-0.05, 0) is 25.5 Å². The Bertz CT molecular complexity index is 855. The van der Waals surface area contributed by atoms with Crippen LogP contribution in [-0.4, -0.2) is 34.4 Å². The first-order chi connectivity index (χ1) is 12.4. The van der Waals surface area contributed by atoms with Crippen molar-refractivity contribution in [2.75, 3.05) is 6.61 Å². The molecule has 26 heavy (non-hydrogen) atoms. The largest absolute Gasteiger partial charge is 0.463 e. The highest BCUT2D eigenvalue weighted by Crippen LogP contribution is 2.22. The maximum Gasteiger partial charge on any atom is 0.347 e. The number of halogens is 1. The summed E-state index contributed by atoms with van der Waals surface area (Å²) in [5.74, 6) is -1.12. The summed E-state index contributed by atoms with van der Waals surface area (Å²) in [6, 6.07) is 8.11. The monoisotopic (exact) mass is 374 g/mol. The summed E-state index contributed by atoms with van der Waals surface area (Å²) in [6.07, 6.45) is 2.36. The molecule has 1 atom stereocenters. The van der Waals surface area contributed by atoms with E-state index in [9.17, 15) is 9.59 Å². The van der Waals surface area contributed by atoms with Gasteiger partial charge in [0.15, 0.2) is 0 Å². The van der Waals surface area contributed by atoms with Crippen LogP contribution in [0.5, 0.6) is 0 Å². The molecule has 0 spiro atoms. The number of nitrogens with zero attached hydrogens (tertiary/aromatic N) is 2. The molecule has 0 N–H and O–H groups in total. The number of aryl methyl sites for hydroxylation is 2. The maximum absolute atomic E-state index is 11.9. The molecule has 1 fully saturated rings. The van der Waals surface area contributed by atoms with Gasteiger partial charge in [-0.25, -0.2) is 14.3 Å². The minimum absolute atomic E-state index is 0.275. The predicted octanol–water partition coefficient (Wildman–Crippen LogP) is 3.07. The Balaban J connectivity index is 1.70. The molecule has 136 valence electrons. The van der Waals surface area contributed by atoms with E-state index >= 15 is 0 Å². The Morgan fingerprint density at radius 1 is 1.38 bits per heavy atom. The Kier molecular flexibility index (Phi) is 5.42. The molecule has 0 bridgehead atoms. The first-order valence-corrected chi connectivity index (χ1v) is 8.65. The van der Waals surface area contributed by atoms with E-state index in [1.165, 1.54) is 11.6 Å². The molecular weight excluding hydrogens is 356 g/mol. The number of hydrogen-bond donors (Lipinski definition) is 0. The molecule has 1 aromatic carbocycles. The Morgan fingerprint density at radius 2 is 2.12 bits per heavy atom. The molecule has 0 aliphatic carbocycles. The lowest BCUT2D eigenvalue weighted by atomic mass is 10.1. The van der Waals surface area contributed by atoms with Crippen LogP contribution in [0.4, 0.5) is 0 Å². The lowest BCUT2D eigenvalue weighted by Crippen LogP contribution is -2.21. The van der Waals surface area contributed by atoms with Crippen LogP contribution < -0.4 is 0 Å². The maximum atomic E-state index is 11.9. The highest BCUT2D eigenvalue weighted by atomic mass is 35.5. The Hall–Kier alpha value is -2.60. The fourth-order valence-electron chi connectivity index (χ4n) is 2.64. The minimum Gasteiger partial charge on any atom is -0.463 e. The van der Waals surface area contributed by atoms with Crippen LogP contribution in [0.1, 0.15) is 28.8 Å². The van der Waals surface area contributed by atoms with Gasteiger partial charge in [-0.2, -0.15) is 5.10 Å². The number of carbonyl (C=O) groups excluding carboxylic acids is 2. The van der Waals surface area contributed by atoms with Crippen molar-refractivity contribution in [1.29, 1.82) is 0 Å². The van der Waals surface area contributed by atoms with Crippen LogP contribution in [0.15, 0.2) is 30.3 Å². The van der Waals surface area contributed by atoms with Crippen molar-refractivity contribution >= 4 is 29.6 Å². The normalized spacial score (nSPS) is 16.9. The highest BCUT2D eigenvalue weighted by molar-refractivity contribution is 6.31. The van der Waals surface area contributed by atoms with E-state index in [4.69, 9.17) is 21.1 Å². The van der Waals surface area contributed by atoms with Gasteiger partial charge in [-0.3, -0.25) is 0 Å². The van der Waals surface area contributed by atoms with Crippen molar-refractivity contribution in [1.82, 2.24) is 9.78 Å². The zero-order valence-electron chi connectivity index (χ0n) is 14.6. The quantitative estimate of drug-likeness (QED) is 0.594. The highest BCUT2D eigenvalue weighted by Gasteiger charge is 2.29. The molecule has 1 aromatic heterocycles. The topological polar surface area (TPSA) is 70.4 Å². The molecule has 0 unspecified atom stereocenters. The number of ether oxygens (including phenoxy) is 2. The molecule has 0 amide bonds. The van der Waals surface area contributed by atoms with Crippen LogP contribution in [-0.2, 0) is 25.6 Å². The standard InChI is InChI=1S/C19H19ClN2O4/c1-12-3-5-14(6-4-12)11-22-18(20)15(13(2)21-22)7-8-17(23)26-16-9-10-25-19(16)24/h3-8,16H,9-11H2,1-2H3/b8-7+/t16-/m0/s1. The molecule has 0 saturated carbocycles. The molecule has 0 radical (unpaired) electrons. The minimum atomic E-state index is -0.826. The van der Waals surface area contributed by atoms with Crippen molar-refractivity contribution in [3.63, 3.8) is 0 Å². The van der Waals surface area contributed by atoms with Gasteiger partial charge in [0.25, 0.3) is 0 Å². The number of aromatic nitrogens is 2. The number of cyclic esters (lactones) is 1. The summed E-state index contributed by atoms with van der Waals surface area (Å²) in [4.78, 5) is 23.2. The first kappa shape index (κ1) is 18.2. The van der Waals surface area contributed by atoms with Gasteiger partial charge in [-0.15, -0.1) is 0 Å². The van der Waals surface area contributed by atoms with E-state index in [1.54, 1.807) is 10.8 Å². The molecule has 7 heteroatoms. The average Bonchev–Trinajstić information content (AvgIpc) is 3.12. The molecule has 6 nitrogen and oxygen atoms in total. The van der Waals surface area contributed by atoms with Crippen LogP contribution >= 0.6 is 11.6 Å². The van der Waals surface area contributed by atoms with Gasteiger partial charge in [0.1, 0.15) is 5.15 Å². The van der Waals surface area contributed by atoms with E-state index < -0.39 is 18.0 Å². The third-order valence-electron chi connectivity index (χ3n) is 4.09. The smallest absolute Gasteiger partial charge is 0.347 e. The summed E-state index contributed by atoms with van der Waals surface area (Å²) in [6.45, 7) is 4.66. The summed E-state index contributed by atoms with van der Waals surface area (Å²) >= 11 is 6.41. The summed E-state index contributed by atoms with van der Waals surface area (Å²) in [5, 5.41) is 4.87. The number of benzene rings is 1. The molecule has 1 aliphatic heterocycles. The SMILES string of the molecule is Cc1ccc(Cn2nc(C)c(/C=C/C(=O)O[C@H]3CCOC3=O)c2Cl)cc1. The fraction of sp³-hybridized carbons (Fsp3) is 0.316. The number of esters is 2. The van der Waals surface area contributed by atoms with Crippen molar-refractivity contribution in [3.8, 4) is 0 Å². The van der Waals surface area contributed by atoms with E-state index in [0.717, 1.165) is 5.56 Å². The second-order valence-electron chi connectivity index (χ2n) is 6.15. The second-order valence-corrected chi connectivity index (χ2v) is 6.51. The molecular formula is C19H19ClN2O4. The van der Waals surface area contributed by atoms with Crippen LogP contribution in [0.25, 0.3) is 6.08 Å². The summed E-state index contributed by atoms with van der Waals surface area (Å²) < 4.78 is 11.5. The second kappa shape index (κ2) is 7.74. The van der Waals surface area contributed by atoms with E-state index in [2.05, 4.69) is 5.10 Å². The average molecular weight is 375 g/mol. The molecule has 1 aliphatic rings. The lowest BCUT2D eigenvalue weighted by molar-refractivity contribution is -0.156. The summed E-state index contributed by atoms with van der Waals surface area (Å²) in [7, 11) is 0. The third-order valence-corrected chi connectivity index (χ3v) is 4.49. The van der Waals surface area contributed by atoms with Crippen LogP contribution in [0, 0.1) is 13.8 Å². The van der Waals surface area contributed by atoms with Gasteiger partial charge in [0, 0.05) is 18.1 Å². The predicted molar refractivity (Wildman–Crippen MR) is 96.7 cm³/mol. The molecule has 1 saturated heterocycles. The Morgan fingerprint density at radius 3 is 2.77 bits per heavy atom. The zero-order chi connectivity index (χ0) is 18.7.